The molecule has 0 unspecified atom stereocenters. The molecule has 0 saturated heterocycles. The topological polar surface area (TPSA) is 75.7 Å². The normalized spacial score (nSPS) is 12.8. The Kier molecular flexibility index (Phi) is 6.20. The first kappa shape index (κ1) is 22.6. The van der Waals surface area contributed by atoms with Crippen LogP contribution in [0.15, 0.2) is 60.7 Å². The molecule has 4 rings (SSSR count). The molecule has 0 atom stereocenters. The second kappa shape index (κ2) is 9.08. The second-order valence-corrected chi connectivity index (χ2v) is 8.63. The Morgan fingerprint density at radius 3 is 2.33 bits per heavy atom. The van der Waals surface area contributed by atoms with Crippen molar-refractivity contribution in [1.29, 1.82) is 0 Å². The van der Waals surface area contributed by atoms with Crippen LogP contribution in [0.3, 0.4) is 0 Å². The molecule has 3 aromatic rings. The SMILES string of the molecule is Cc1cc(NC(=O)COc2ccc(C(C)C)cc2)ccc1N1C(=O)c2ccc(Cl)cc2C1=O. The summed E-state index contributed by atoms with van der Waals surface area (Å²) in [6.45, 7) is 5.86. The van der Waals surface area contributed by atoms with Crippen molar-refractivity contribution >= 4 is 40.7 Å². The molecule has 0 fully saturated rings. The molecular weight excluding hydrogens is 440 g/mol. The van der Waals surface area contributed by atoms with Gasteiger partial charge in [0.05, 0.1) is 16.8 Å². The zero-order valence-corrected chi connectivity index (χ0v) is 19.3. The third kappa shape index (κ3) is 4.61. The molecule has 33 heavy (non-hydrogen) atoms. The van der Waals surface area contributed by atoms with Crippen molar-refractivity contribution in [3.05, 3.63) is 87.9 Å². The largest absolute Gasteiger partial charge is 0.484 e. The fourth-order valence-corrected chi connectivity index (χ4v) is 3.88. The number of halogens is 1. The molecule has 1 aliphatic rings. The average molecular weight is 463 g/mol. The predicted octanol–water partition coefficient (Wildman–Crippen LogP) is 5.59. The second-order valence-electron chi connectivity index (χ2n) is 8.20. The van der Waals surface area contributed by atoms with Gasteiger partial charge < -0.3 is 10.1 Å². The number of nitrogens with one attached hydrogen (secondary N) is 1. The summed E-state index contributed by atoms with van der Waals surface area (Å²) in [4.78, 5) is 39.1. The molecule has 168 valence electrons. The van der Waals surface area contributed by atoms with E-state index in [1.807, 2.05) is 24.3 Å². The van der Waals surface area contributed by atoms with Crippen LogP contribution < -0.4 is 15.0 Å². The van der Waals surface area contributed by atoms with Gasteiger partial charge in [-0.1, -0.05) is 37.6 Å². The van der Waals surface area contributed by atoms with Crippen molar-refractivity contribution < 1.29 is 19.1 Å². The Balaban J connectivity index is 1.42. The lowest BCUT2D eigenvalue weighted by molar-refractivity contribution is -0.118. The number of fused-ring (bicyclic) bond motifs is 1. The van der Waals surface area contributed by atoms with E-state index in [1.165, 1.54) is 11.6 Å². The summed E-state index contributed by atoms with van der Waals surface area (Å²) < 4.78 is 5.56. The summed E-state index contributed by atoms with van der Waals surface area (Å²) in [5.41, 5.74) is 3.46. The first-order valence-electron chi connectivity index (χ1n) is 10.6. The van der Waals surface area contributed by atoms with E-state index >= 15 is 0 Å². The van der Waals surface area contributed by atoms with E-state index in [4.69, 9.17) is 16.3 Å². The number of aryl methyl sites for hydroxylation is 1. The molecule has 1 heterocycles. The number of nitrogens with zero attached hydrogens (tertiary/aromatic N) is 1. The number of carbonyl (C=O) groups excluding carboxylic acids is 3. The van der Waals surface area contributed by atoms with Crippen LogP contribution in [0.4, 0.5) is 11.4 Å². The van der Waals surface area contributed by atoms with Gasteiger partial charge >= 0.3 is 0 Å². The van der Waals surface area contributed by atoms with Crippen LogP contribution in [-0.4, -0.2) is 24.3 Å². The maximum absolute atomic E-state index is 12.8. The quantitative estimate of drug-likeness (QED) is 0.484. The minimum Gasteiger partial charge on any atom is -0.484 e. The van der Waals surface area contributed by atoms with Crippen LogP contribution in [0.25, 0.3) is 0 Å². The minimum atomic E-state index is -0.422. The molecule has 1 N–H and O–H groups in total. The highest BCUT2D eigenvalue weighted by Gasteiger charge is 2.37. The summed E-state index contributed by atoms with van der Waals surface area (Å²) in [6.07, 6.45) is 0. The van der Waals surface area contributed by atoms with Gasteiger partial charge in [0, 0.05) is 10.7 Å². The van der Waals surface area contributed by atoms with Gasteiger partial charge in [-0.15, -0.1) is 0 Å². The van der Waals surface area contributed by atoms with Gasteiger partial charge in [-0.25, -0.2) is 4.90 Å². The zero-order chi connectivity index (χ0) is 23.7. The van der Waals surface area contributed by atoms with Crippen LogP contribution >= 0.6 is 11.6 Å². The molecule has 0 saturated carbocycles. The van der Waals surface area contributed by atoms with Crippen LogP contribution in [0.1, 0.15) is 51.6 Å². The van der Waals surface area contributed by atoms with Crippen molar-refractivity contribution in [2.45, 2.75) is 26.7 Å². The van der Waals surface area contributed by atoms with Crippen molar-refractivity contribution in [1.82, 2.24) is 0 Å². The van der Waals surface area contributed by atoms with Crippen molar-refractivity contribution in [3.8, 4) is 5.75 Å². The van der Waals surface area contributed by atoms with Gasteiger partial charge in [-0.05, 0) is 72.5 Å². The van der Waals surface area contributed by atoms with Crippen LogP contribution in [0.2, 0.25) is 5.02 Å². The monoisotopic (exact) mass is 462 g/mol. The number of hydrogen-bond donors (Lipinski definition) is 1. The maximum Gasteiger partial charge on any atom is 0.266 e. The van der Waals surface area contributed by atoms with E-state index in [1.54, 1.807) is 37.3 Å². The van der Waals surface area contributed by atoms with E-state index in [-0.39, 0.29) is 18.1 Å². The van der Waals surface area contributed by atoms with Gasteiger partial charge in [0.25, 0.3) is 17.7 Å². The molecule has 6 nitrogen and oxygen atoms in total. The molecule has 7 heteroatoms. The van der Waals surface area contributed by atoms with Crippen molar-refractivity contribution in [2.24, 2.45) is 0 Å². The molecule has 3 amide bonds. The summed E-state index contributed by atoms with van der Waals surface area (Å²) in [7, 11) is 0. The molecule has 0 aliphatic carbocycles. The van der Waals surface area contributed by atoms with Crippen LogP contribution in [0, 0.1) is 6.92 Å². The van der Waals surface area contributed by atoms with E-state index in [9.17, 15) is 14.4 Å². The molecule has 1 aliphatic heterocycles. The third-order valence-electron chi connectivity index (χ3n) is 5.49. The molecule has 3 aromatic carbocycles. The van der Waals surface area contributed by atoms with E-state index < -0.39 is 11.8 Å². The summed E-state index contributed by atoms with van der Waals surface area (Å²) in [5.74, 6) is -0.0957. The Morgan fingerprint density at radius 2 is 1.67 bits per heavy atom. The summed E-state index contributed by atoms with van der Waals surface area (Å²) in [5, 5.41) is 3.17. The highest BCUT2D eigenvalue weighted by molar-refractivity contribution is 6.36. The summed E-state index contributed by atoms with van der Waals surface area (Å²) >= 11 is 5.98. The standard InChI is InChI=1S/C26H23ClN2O4/c1-15(2)17-4-8-20(9-5-17)33-14-24(30)28-19-7-11-23(16(3)12-19)29-25(31)21-10-6-18(27)13-22(21)26(29)32/h4-13,15H,14H2,1-3H3,(H,28,30). The molecule has 0 bridgehead atoms. The number of hydrogen-bond acceptors (Lipinski definition) is 4. The Morgan fingerprint density at radius 1 is 0.970 bits per heavy atom. The minimum absolute atomic E-state index is 0.138. The van der Waals surface area contributed by atoms with Gasteiger partial charge in [0.15, 0.2) is 6.61 Å². The lowest BCUT2D eigenvalue weighted by Gasteiger charge is -2.17. The number of anilines is 2. The van der Waals surface area contributed by atoms with Crippen molar-refractivity contribution in [3.63, 3.8) is 0 Å². The fraction of sp³-hybridized carbons (Fsp3) is 0.192. The number of carbonyl (C=O) groups is 3. The van der Waals surface area contributed by atoms with Crippen LogP contribution in [0.5, 0.6) is 5.75 Å². The van der Waals surface area contributed by atoms with Gasteiger partial charge in [0.1, 0.15) is 5.75 Å². The van der Waals surface area contributed by atoms with E-state index in [2.05, 4.69) is 19.2 Å². The first-order valence-corrected chi connectivity index (χ1v) is 10.9. The highest BCUT2D eigenvalue weighted by Crippen LogP contribution is 2.33. The number of imide groups is 1. The fourth-order valence-electron chi connectivity index (χ4n) is 3.71. The smallest absolute Gasteiger partial charge is 0.266 e. The Labute approximate surface area is 197 Å². The molecule has 0 spiro atoms. The van der Waals surface area contributed by atoms with Crippen molar-refractivity contribution in [2.75, 3.05) is 16.8 Å². The zero-order valence-electron chi connectivity index (χ0n) is 18.5. The number of rotatable bonds is 6. The van der Waals surface area contributed by atoms with Gasteiger partial charge in [-0.2, -0.15) is 0 Å². The Hall–Kier alpha value is -3.64. The summed E-state index contributed by atoms with van der Waals surface area (Å²) in [6, 6.07) is 17.3. The number of ether oxygens (including phenoxy) is 1. The number of amides is 3. The van der Waals surface area contributed by atoms with Crippen LogP contribution in [-0.2, 0) is 4.79 Å². The van der Waals surface area contributed by atoms with Gasteiger partial charge in [-0.3, -0.25) is 14.4 Å². The number of benzene rings is 3. The predicted molar refractivity (Wildman–Crippen MR) is 128 cm³/mol. The third-order valence-corrected chi connectivity index (χ3v) is 5.72. The maximum atomic E-state index is 12.8. The molecule has 0 radical (unpaired) electrons. The average Bonchev–Trinajstić information content (AvgIpc) is 3.02. The highest BCUT2D eigenvalue weighted by atomic mass is 35.5. The van der Waals surface area contributed by atoms with Gasteiger partial charge in [0.2, 0.25) is 0 Å². The molecule has 0 aromatic heterocycles. The molecular formula is C26H23ClN2O4. The lowest BCUT2D eigenvalue weighted by Crippen LogP contribution is -2.30. The van der Waals surface area contributed by atoms with E-state index in [0.717, 1.165) is 4.90 Å². The van der Waals surface area contributed by atoms with E-state index in [0.29, 0.717) is 39.2 Å². The first-order chi connectivity index (χ1) is 15.7. The lowest BCUT2D eigenvalue weighted by atomic mass is 10.0. The Bertz CT molecular complexity index is 1250.